The third-order valence-corrected chi connectivity index (χ3v) is 8.52. The number of thiophene rings is 1. The van der Waals surface area contributed by atoms with E-state index in [0.717, 1.165) is 55.6 Å². The number of fused-ring (bicyclic) bond motifs is 1. The molecule has 36 heavy (non-hydrogen) atoms. The lowest BCUT2D eigenvalue weighted by Gasteiger charge is -2.33. The van der Waals surface area contributed by atoms with Crippen molar-refractivity contribution in [3.63, 3.8) is 0 Å². The van der Waals surface area contributed by atoms with E-state index in [-0.39, 0.29) is 22.9 Å². The first-order valence-electron chi connectivity index (χ1n) is 12.8. The molecule has 0 bridgehead atoms. The summed E-state index contributed by atoms with van der Waals surface area (Å²) in [5, 5.41) is 17.6. The zero-order valence-corrected chi connectivity index (χ0v) is 22.2. The molecule has 2 aliphatic rings. The van der Waals surface area contributed by atoms with E-state index in [0.29, 0.717) is 28.7 Å². The number of anilines is 2. The molecule has 194 valence electrons. The van der Waals surface area contributed by atoms with Crippen LogP contribution in [0.3, 0.4) is 0 Å². The molecule has 2 heterocycles. The number of nitro groups is 1. The minimum Gasteiger partial charge on any atom is -0.322 e. The van der Waals surface area contributed by atoms with Crippen molar-refractivity contribution in [2.45, 2.75) is 65.7 Å². The number of nitrogens with one attached hydrogen (secondary N) is 2. The topological polar surface area (TPSA) is 105 Å². The molecule has 2 amide bonds. The SMILES string of the molecule is CC(C)(C)[C@H]1CCc2c(sc(NC(=O)CN3CCCCCC3)c2C(=O)Nc2cccc([N+](=O)[O-])c2)C1. The van der Waals surface area contributed by atoms with Crippen molar-refractivity contribution in [3.05, 3.63) is 50.4 Å². The average Bonchev–Trinajstić information content (AvgIpc) is 2.96. The molecule has 9 heteroatoms. The lowest BCUT2D eigenvalue weighted by Crippen LogP contribution is -2.34. The van der Waals surface area contributed by atoms with Gasteiger partial charge in [-0.1, -0.05) is 39.7 Å². The molecule has 1 aliphatic heterocycles. The molecular formula is C27H36N4O4S. The summed E-state index contributed by atoms with van der Waals surface area (Å²) in [5.74, 6) is 0.0523. The van der Waals surface area contributed by atoms with Crippen LogP contribution in [0.25, 0.3) is 0 Å². The fourth-order valence-corrected chi connectivity index (χ4v) is 6.55. The van der Waals surface area contributed by atoms with E-state index in [4.69, 9.17) is 0 Å². The van der Waals surface area contributed by atoms with Crippen molar-refractivity contribution in [1.29, 1.82) is 0 Å². The highest BCUT2D eigenvalue weighted by Crippen LogP contribution is 2.44. The van der Waals surface area contributed by atoms with Crippen molar-refractivity contribution in [2.24, 2.45) is 11.3 Å². The zero-order valence-electron chi connectivity index (χ0n) is 21.4. The fraction of sp³-hybridized carbons (Fsp3) is 0.556. The molecular weight excluding hydrogens is 476 g/mol. The molecule has 0 radical (unpaired) electrons. The van der Waals surface area contributed by atoms with E-state index in [1.165, 1.54) is 36.3 Å². The normalized spacial score (nSPS) is 18.7. The number of benzene rings is 1. The Morgan fingerprint density at radius 1 is 1.14 bits per heavy atom. The number of amides is 2. The number of likely N-dealkylation sites (tertiary alicyclic amines) is 1. The Kier molecular flexibility index (Phi) is 8.10. The maximum atomic E-state index is 13.5. The molecule has 0 saturated carbocycles. The van der Waals surface area contributed by atoms with Gasteiger partial charge in [-0.25, -0.2) is 0 Å². The van der Waals surface area contributed by atoms with Crippen LogP contribution in [0.1, 0.15) is 73.7 Å². The first-order valence-corrected chi connectivity index (χ1v) is 13.7. The van der Waals surface area contributed by atoms with Gasteiger partial charge in [0, 0.05) is 22.7 Å². The van der Waals surface area contributed by atoms with Crippen LogP contribution in [0.2, 0.25) is 0 Å². The van der Waals surface area contributed by atoms with Gasteiger partial charge >= 0.3 is 0 Å². The average molecular weight is 513 g/mol. The Morgan fingerprint density at radius 3 is 2.53 bits per heavy atom. The van der Waals surface area contributed by atoms with Crippen LogP contribution >= 0.6 is 11.3 Å². The third-order valence-electron chi connectivity index (χ3n) is 7.35. The molecule has 1 aromatic carbocycles. The van der Waals surface area contributed by atoms with Crippen molar-refractivity contribution in [1.82, 2.24) is 4.90 Å². The van der Waals surface area contributed by atoms with Gasteiger partial charge in [-0.2, -0.15) is 0 Å². The Bertz CT molecular complexity index is 1130. The van der Waals surface area contributed by atoms with E-state index in [1.54, 1.807) is 12.1 Å². The first kappa shape index (κ1) is 26.3. The second kappa shape index (κ2) is 11.1. The quantitative estimate of drug-likeness (QED) is 0.372. The molecule has 4 rings (SSSR count). The predicted molar refractivity (Wildman–Crippen MR) is 144 cm³/mol. The number of non-ortho nitro benzene ring substituents is 1. The summed E-state index contributed by atoms with van der Waals surface area (Å²) in [6.45, 7) is 8.89. The van der Waals surface area contributed by atoms with Crippen LogP contribution in [0, 0.1) is 21.4 Å². The van der Waals surface area contributed by atoms with Crippen LogP contribution < -0.4 is 10.6 Å². The van der Waals surface area contributed by atoms with Crippen molar-refractivity contribution in [3.8, 4) is 0 Å². The van der Waals surface area contributed by atoms with E-state index in [2.05, 4.69) is 36.3 Å². The summed E-state index contributed by atoms with van der Waals surface area (Å²) >= 11 is 1.50. The maximum Gasteiger partial charge on any atom is 0.271 e. The summed E-state index contributed by atoms with van der Waals surface area (Å²) in [5.41, 5.74) is 1.92. The molecule has 1 fully saturated rings. The lowest BCUT2D eigenvalue weighted by atomic mass is 9.72. The first-order chi connectivity index (χ1) is 17.1. The van der Waals surface area contributed by atoms with Crippen LogP contribution in [-0.2, 0) is 17.6 Å². The highest BCUT2D eigenvalue weighted by Gasteiger charge is 2.34. The highest BCUT2D eigenvalue weighted by molar-refractivity contribution is 7.17. The summed E-state index contributed by atoms with van der Waals surface area (Å²) in [7, 11) is 0. The third kappa shape index (κ3) is 6.31. The van der Waals surface area contributed by atoms with E-state index in [9.17, 15) is 19.7 Å². The van der Waals surface area contributed by atoms with Gasteiger partial charge in [-0.15, -0.1) is 11.3 Å². The molecule has 1 atom stereocenters. The highest BCUT2D eigenvalue weighted by atomic mass is 32.1. The van der Waals surface area contributed by atoms with Crippen molar-refractivity contribution < 1.29 is 14.5 Å². The van der Waals surface area contributed by atoms with Crippen LogP contribution in [0.4, 0.5) is 16.4 Å². The smallest absolute Gasteiger partial charge is 0.271 e. The minimum absolute atomic E-state index is 0.0841. The molecule has 0 spiro atoms. The molecule has 0 unspecified atom stereocenters. The molecule has 2 aromatic rings. The predicted octanol–water partition coefficient (Wildman–Crippen LogP) is 5.87. The number of rotatable bonds is 6. The molecule has 8 nitrogen and oxygen atoms in total. The lowest BCUT2D eigenvalue weighted by molar-refractivity contribution is -0.384. The van der Waals surface area contributed by atoms with E-state index < -0.39 is 4.92 Å². The number of hydrogen-bond donors (Lipinski definition) is 2. The fourth-order valence-electron chi connectivity index (χ4n) is 5.21. The van der Waals surface area contributed by atoms with Gasteiger partial charge in [-0.05, 0) is 68.2 Å². The standard InChI is InChI=1S/C27H36N4O4S/c1-27(2,3)18-11-12-21-22(15-18)36-26(29-23(32)17-30-13-6-4-5-7-14-30)24(21)25(33)28-19-9-8-10-20(16-19)31(34)35/h8-10,16,18H,4-7,11-15,17H2,1-3H3,(H,28,33)(H,29,32)/t18-/m0/s1. The Balaban J connectivity index is 1.59. The number of nitrogens with zero attached hydrogens (tertiary/aromatic N) is 2. The summed E-state index contributed by atoms with van der Waals surface area (Å²) in [4.78, 5) is 40.6. The largest absolute Gasteiger partial charge is 0.322 e. The van der Waals surface area contributed by atoms with Crippen LogP contribution in [-0.4, -0.2) is 41.3 Å². The second-order valence-corrected chi connectivity index (χ2v) is 12.1. The number of hydrogen-bond acceptors (Lipinski definition) is 6. The maximum absolute atomic E-state index is 13.5. The zero-order chi connectivity index (χ0) is 25.9. The van der Waals surface area contributed by atoms with Gasteiger partial charge in [-0.3, -0.25) is 24.6 Å². The van der Waals surface area contributed by atoms with Gasteiger partial charge in [0.05, 0.1) is 17.0 Å². The number of carbonyl (C=O) groups is 2. The summed E-state index contributed by atoms with van der Waals surface area (Å²) in [6.07, 6.45) is 7.23. The molecule has 2 N–H and O–H groups in total. The van der Waals surface area contributed by atoms with E-state index >= 15 is 0 Å². The minimum atomic E-state index is -0.483. The number of nitro benzene ring substituents is 1. The molecule has 1 saturated heterocycles. The Morgan fingerprint density at radius 2 is 1.86 bits per heavy atom. The molecule has 1 aliphatic carbocycles. The number of carbonyl (C=O) groups excluding carboxylic acids is 2. The van der Waals surface area contributed by atoms with Crippen LogP contribution in [0.5, 0.6) is 0 Å². The van der Waals surface area contributed by atoms with Gasteiger partial charge in [0.15, 0.2) is 0 Å². The van der Waals surface area contributed by atoms with Gasteiger partial charge in [0.1, 0.15) is 5.00 Å². The Labute approximate surface area is 216 Å². The summed E-state index contributed by atoms with van der Waals surface area (Å²) < 4.78 is 0. The van der Waals surface area contributed by atoms with Gasteiger partial charge < -0.3 is 10.6 Å². The van der Waals surface area contributed by atoms with Gasteiger partial charge in [0.2, 0.25) is 5.91 Å². The Hall–Kier alpha value is -2.78. The van der Waals surface area contributed by atoms with Crippen molar-refractivity contribution >= 4 is 39.5 Å². The molecule has 1 aromatic heterocycles. The monoisotopic (exact) mass is 512 g/mol. The van der Waals surface area contributed by atoms with Gasteiger partial charge in [0.25, 0.3) is 11.6 Å². The van der Waals surface area contributed by atoms with Crippen molar-refractivity contribution in [2.75, 3.05) is 30.3 Å². The second-order valence-electron chi connectivity index (χ2n) is 11.0. The van der Waals surface area contributed by atoms with E-state index in [1.807, 2.05) is 0 Å². The van der Waals surface area contributed by atoms with Crippen LogP contribution in [0.15, 0.2) is 24.3 Å². The summed E-state index contributed by atoms with van der Waals surface area (Å²) in [6, 6.07) is 5.93.